The predicted molar refractivity (Wildman–Crippen MR) is 84.7 cm³/mol. The van der Waals surface area contributed by atoms with Crippen LogP contribution in [0.15, 0.2) is 24.3 Å². The van der Waals surface area contributed by atoms with Gasteiger partial charge in [0.15, 0.2) is 6.61 Å². The van der Waals surface area contributed by atoms with Gasteiger partial charge < -0.3 is 14.8 Å². The normalized spacial score (nSPS) is 9.57. The van der Waals surface area contributed by atoms with Gasteiger partial charge in [0.05, 0.1) is 12.2 Å². The van der Waals surface area contributed by atoms with Crippen molar-refractivity contribution in [2.24, 2.45) is 0 Å². The Balaban J connectivity index is 2.36. The fraction of sp³-hybridized carbons (Fsp3) is 0.353. The van der Waals surface area contributed by atoms with E-state index in [2.05, 4.69) is 11.2 Å². The van der Waals surface area contributed by atoms with Crippen LogP contribution in [0.1, 0.15) is 36.5 Å². The Morgan fingerprint density at radius 2 is 1.83 bits per heavy atom. The molecule has 1 aromatic rings. The Hall–Kier alpha value is -2.81. The van der Waals surface area contributed by atoms with Gasteiger partial charge >= 0.3 is 11.9 Å². The van der Waals surface area contributed by atoms with Crippen LogP contribution in [0.4, 0.5) is 5.69 Å². The number of rotatable bonds is 8. The summed E-state index contributed by atoms with van der Waals surface area (Å²) >= 11 is 0. The molecule has 0 radical (unpaired) electrons. The third kappa shape index (κ3) is 7.14. The maximum atomic E-state index is 11.7. The van der Waals surface area contributed by atoms with Crippen molar-refractivity contribution in [1.82, 2.24) is 0 Å². The number of amides is 1. The van der Waals surface area contributed by atoms with E-state index in [9.17, 15) is 14.4 Å². The topological polar surface area (TPSA) is 81.7 Å². The molecule has 1 rings (SSSR count). The van der Waals surface area contributed by atoms with Crippen molar-refractivity contribution in [3.63, 3.8) is 0 Å². The van der Waals surface area contributed by atoms with E-state index < -0.39 is 11.9 Å². The number of carbonyl (C=O) groups is 3. The second kappa shape index (κ2) is 10.0. The van der Waals surface area contributed by atoms with Gasteiger partial charge in [-0.25, -0.2) is 4.79 Å². The van der Waals surface area contributed by atoms with Gasteiger partial charge in [-0.1, -0.05) is 5.92 Å². The molecule has 6 nitrogen and oxygen atoms in total. The number of hydrogen-bond acceptors (Lipinski definition) is 5. The van der Waals surface area contributed by atoms with Crippen LogP contribution in [0.5, 0.6) is 0 Å². The van der Waals surface area contributed by atoms with Crippen LogP contribution in [0.2, 0.25) is 0 Å². The molecule has 122 valence electrons. The number of benzene rings is 1. The number of esters is 2. The summed E-state index contributed by atoms with van der Waals surface area (Å²) in [5.74, 6) is 1.14. The van der Waals surface area contributed by atoms with Crippen LogP contribution < -0.4 is 5.32 Å². The van der Waals surface area contributed by atoms with E-state index in [0.29, 0.717) is 24.3 Å². The molecule has 0 bridgehead atoms. The first-order valence-electron chi connectivity index (χ1n) is 7.23. The minimum Gasteiger partial charge on any atom is -0.462 e. The molecule has 1 aromatic carbocycles. The van der Waals surface area contributed by atoms with Crippen LogP contribution in [0.3, 0.4) is 0 Å². The number of terminal acetylenes is 1. The second-order valence-corrected chi connectivity index (χ2v) is 4.56. The molecule has 0 aliphatic heterocycles. The van der Waals surface area contributed by atoms with Crippen LogP contribution in [0, 0.1) is 12.3 Å². The van der Waals surface area contributed by atoms with Crippen molar-refractivity contribution in [2.75, 3.05) is 18.5 Å². The molecule has 0 atom stereocenters. The van der Waals surface area contributed by atoms with Crippen molar-refractivity contribution >= 4 is 23.5 Å². The molecule has 0 unspecified atom stereocenters. The number of ether oxygens (including phenoxy) is 2. The Morgan fingerprint density at radius 3 is 2.43 bits per heavy atom. The average molecular weight is 317 g/mol. The lowest BCUT2D eigenvalue weighted by atomic mass is 10.2. The van der Waals surface area contributed by atoms with Gasteiger partial charge in [0.25, 0.3) is 0 Å². The van der Waals surface area contributed by atoms with Crippen LogP contribution in [-0.4, -0.2) is 31.1 Å². The first-order chi connectivity index (χ1) is 11.1. The lowest BCUT2D eigenvalue weighted by Crippen LogP contribution is -2.13. The standard InChI is InChI=1S/C17H19NO5/c1-3-12-23-16(20)7-5-6-15(19)18-14-10-8-13(9-11-14)17(21)22-4-2/h1,8-11H,4-7,12H2,2H3,(H,18,19). The SMILES string of the molecule is C#CCOC(=O)CCCC(=O)Nc1ccc(C(=O)OCC)cc1. The molecule has 0 fully saturated rings. The summed E-state index contributed by atoms with van der Waals surface area (Å²) in [5.41, 5.74) is 0.985. The van der Waals surface area contributed by atoms with Crippen molar-refractivity contribution in [3.8, 4) is 12.3 Å². The third-order valence-corrected chi connectivity index (χ3v) is 2.78. The van der Waals surface area contributed by atoms with E-state index in [4.69, 9.17) is 15.9 Å². The lowest BCUT2D eigenvalue weighted by Gasteiger charge is -2.06. The largest absolute Gasteiger partial charge is 0.462 e. The van der Waals surface area contributed by atoms with E-state index >= 15 is 0 Å². The number of nitrogens with one attached hydrogen (secondary N) is 1. The number of carbonyl (C=O) groups excluding carboxylic acids is 3. The summed E-state index contributed by atoms with van der Waals surface area (Å²) in [7, 11) is 0. The number of hydrogen-bond donors (Lipinski definition) is 1. The van der Waals surface area contributed by atoms with Gasteiger partial charge in [-0.15, -0.1) is 6.42 Å². The summed E-state index contributed by atoms with van der Waals surface area (Å²) in [4.78, 5) is 34.4. The summed E-state index contributed by atoms with van der Waals surface area (Å²) < 4.78 is 9.57. The van der Waals surface area contributed by atoms with Crippen molar-refractivity contribution in [2.45, 2.75) is 26.2 Å². The molecule has 1 N–H and O–H groups in total. The van der Waals surface area contributed by atoms with Crippen molar-refractivity contribution in [1.29, 1.82) is 0 Å². The van der Waals surface area contributed by atoms with Gasteiger partial charge in [0.1, 0.15) is 0 Å². The van der Waals surface area contributed by atoms with Gasteiger partial charge in [-0.3, -0.25) is 9.59 Å². The Morgan fingerprint density at radius 1 is 1.13 bits per heavy atom. The quantitative estimate of drug-likeness (QED) is 0.587. The van der Waals surface area contributed by atoms with Crippen molar-refractivity contribution < 1.29 is 23.9 Å². The summed E-state index contributed by atoms with van der Waals surface area (Å²) in [6, 6.07) is 6.38. The van der Waals surface area contributed by atoms with E-state index in [1.807, 2.05) is 0 Å². The van der Waals surface area contributed by atoms with Crippen molar-refractivity contribution in [3.05, 3.63) is 29.8 Å². The molecule has 0 aromatic heterocycles. The molecular formula is C17H19NO5. The molecule has 23 heavy (non-hydrogen) atoms. The minimum atomic E-state index is -0.422. The smallest absolute Gasteiger partial charge is 0.338 e. The van der Waals surface area contributed by atoms with Gasteiger partial charge in [-0.2, -0.15) is 0 Å². The second-order valence-electron chi connectivity index (χ2n) is 4.56. The van der Waals surface area contributed by atoms with Gasteiger partial charge in [0.2, 0.25) is 5.91 Å². The maximum absolute atomic E-state index is 11.7. The molecule has 0 saturated carbocycles. The van der Waals surface area contributed by atoms with E-state index in [0.717, 1.165) is 0 Å². The highest BCUT2D eigenvalue weighted by atomic mass is 16.5. The van der Waals surface area contributed by atoms with E-state index in [-0.39, 0.29) is 25.4 Å². The molecule has 6 heteroatoms. The van der Waals surface area contributed by atoms with Gasteiger partial charge in [0, 0.05) is 18.5 Å². The molecule has 0 spiro atoms. The summed E-state index contributed by atoms with van der Waals surface area (Å²) in [5, 5.41) is 2.68. The predicted octanol–water partition coefficient (Wildman–Crippen LogP) is 2.15. The zero-order valence-corrected chi connectivity index (χ0v) is 13.0. The third-order valence-electron chi connectivity index (χ3n) is 2.78. The van der Waals surface area contributed by atoms with Crippen LogP contribution in [-0.2, 0) is 19.1 Å². The molecule has 0 heterocycles. The summed E-state index contributed by atoms with van der Waals surface area (Å²) in [6.45, 7) is 1.98. The van der Waals surface area contributed by atoms with Gasteiger partial charge in [-0.05, 0) is 37.6 Å². The minimum absolute atomic E-state index is 0.0577. The Kier molecular flexibility index (Phi) is 7.94. The van der Waals surface area contributed by atoms with E-state index in [1.54, 1.807) is 31.2 Å². The fourth-order valence-electron chi connectivity index (χ4n) is 1.72. The highest BCUT2D eigenvalue weighted by Gasteiger charge is 2.08. The molecule has 0 aliphatic carbocycles. The summed E-state index contributed by atoms with van der Waals surface area (Å²) in [6.07, 6.45) is 5.66. The highest BCUT2D eigenvalue weighted by molar-refractivity contribution is 5.93. The zero-order valence-electron chi connectivity index (χ0n) is 13.0. The lowest BCUT2D eigenvalue weighted by molar-refractivity contribution is -0.142. The average Bonchev–Trinajstić information content (AvgIpc) is 2.53. The number of anilines is 1. The Bertz CT molecular complexity index is 586. The monoisotopic (exact) mass is 317 g/mol. The Labute approximate surface area is 135 Å². The molecular weight excluding hydrogens is 298 g/mol. The fourth-order valence-corrected chi connectivity index (χ4v) is 1.72. The molecule has 1 amide bonds. The highest BCUT2D eigenvalue weighted by Crippen LogP contribution is 2.11. The molecule has 0 saturated heterocycles. The molecule has 0 aliphatic rings. The maximum Gasteiger partial charge on any atom is 0.338 e. The first kappa shape index (κ1) is 18.2. The zero-order chi connectivity index (χ0) is 17.1. The first-order valence-corrected chi connectivity index (χ1v) is 7.23. The van der Waals surface area contributed by atoms with E-state index in [1.165, 1.54) is 0 Å². The van der Waals surface area contributed by atoms with Crippen LogP contribution >= 0.6 is 0 Å². The van der Waals surface area contributed by atoms with Crippen LogP contribution in [0.25, 0.3) is 0 Å².